The summed E-state index contributed by atoms with van der Waals surface area (Å²) in [6.45, 7) is 2.17. The lowest BCUT2D eigenvalue weighted by Crippen LogP contribution is -2.27. The minimum Gasteiger partial charge on any atom is -0.303 e. The Bertz CT molecular complexity index is 553. The molecule has 2 atom stereocenters. The number of benzene rings is 1. The highest BCUT2D eigenvalue weighted by molar-refractivity contribution is 7.99. The first-order valence-electron chi connectivity index (χ1n) is 6.46. The number of halogens is 1. The van der Waals surface area contributed by atoms with Gasteiger partial charge >= 0.3 is 0 Å². The van der Waals surface area contributed by atoms with E-state index in [0.717, 1.165) is 17.7 Å². The molecule has 1 aliphatic rings. The van der Waals surface area contributed by atoms with E-state index in [4.69, 9.17) is 0 Å². The maximum Gasteiger partial charge on any atom is 0.123 e. The Morgan fingerprint density at radius 1 is 1.37 bits per heavy atom. The van der Waals surface area contributed by atoms with Gasteiger partial charge in [0.2, 0.25) is 0 Å². The molecule has 1 aromatic carbocycles. The molecule has 0 amide bonds. The van der Waals surface area contributed by atoms with Crippen molar-refractivity contribution in [2.75, 3.05) is 5.75 Å². The number of thioether (sulfide) groups is 1. The SMILES string of the molecule is CC(NC1CCSc2ccc(F)cc21)c1cccs1. The molecule has 0 saturated carbocycles. The van der Waals surface area contributed by atoms with Crippen LogP contribution in [0, 0.1) is 5.82 Å². The van der Waals surface area contributed by atoms with Gasteiger partial charge in [-0.15, -0.1) is 23.1 Å². The highest BCUT2D eigenvalue weighted by Crippen LogP contribution is 2.37. The van der Waals surface area contributed by atoms with Crippen molar-refractivity contribution in [1.82, 2.24) is 5.32 Å². The number of fused-ring (bicyclic) bond motifs is 1. The number of nitrogens with one attached hydrogen (secondary N) is 1. The lowest BCUT2D eigenvalue weighted by Gasteiger charge is -2.28. The highest BCUT2D eigenvalue weighted by Gasteiger charge is 2.23. The summed E-state index contributed by atoms with van der Waals surface area (Å²) in [7, 11) is 0. The van der Waals surface area contributed by atoms with Gasteiger partial charge in [0.15, 0.2) is 0 Å². The summed E-state index contributed by atoms with van der Waals surface area (Å²) in [6.07, 6.45) is 1.05. The molecular formula is C15H16FNS2. The third kappa shape index (κ3) is 2.86. The van der Waals surface area contributed by atoms with E-state index in [2.05, 4.69) is 29.8 Å². The average Bonchev–Trinajstić information content (AvgIpc) is 2.93. The normalized spacial score (nSPS) is 20.0. The first kappa shape index (κ1) is 13.2. The molecule has 1 aromatic heterocycles. The molecule has 1 nitrogen and oxygen atoms in total. The Kier molecular flexibility index (Phi) is 3.91. The van der Waals surface area contributed by atoms with Crippen LogP contribution in [0.3, 0.4) is 0 Å². The van der Waals surface area contributed by atoms with Crippen molar-refractivity contribution in [2.45, 2.75) is 30.3 Å². The van der Waals surface area contributed by atoms with E-state index in [1.54, 1.807) is 23.5 Å². The number of hydrogen-bond donors (Lipinski definition) is 1. The molecular weight excluding hydrogens is 277 g/mol. The van der Waals surface area contributed by atoms with Gasteiger partial charge in [-0.05, 0) is 54.3 Å². The fourth-order valence-corrected chi connectivity index (χ4v) is 4.31. The summed E-state index contributed by atoms with van der Waals surface area (Å²) in [6, 6.07) is 9.92. The first-order chi connectivity index (χ1) is 9.24. The molecule has 0 spiro atoms. The van der Waals surface area contributed by atoms with Gasteiger partial charge in [0.25, 0.3) is 0 Å². The third-order valence-corrected chi connectivity index (χ3v) is 5.61. The van der Waals surface area contributed by atoms with Crippen molar-refractivity contribution in [2.24, 2.45) is 0 Å². The minimum atomic E-state index is -0.142. The van der Waals surface area contributed by atoms with Crippen LogP contribution in [0.15, 0.2) is 40.6 Å². The smallest absolute Gasteiger partial charge is 0.123 e. The molecule has 0 aliphatic carbocycles. The number of hydrogen-bond acceptors (Lipinski definition) is 3. The molecule has 1 aliphatic heterocycles. The van der Waals surface area contributed by atoms with Crippen molar-refractivity contribution in [3.05, 3.63) is 52.0 Å². The van der Waals surface area contributed by atoms with Crippen LogP contribution in [0.4, 0.5) is 4.39 Å². The zero-order valence-electron chi connectivity index (χ0n) is 10.7. The Labute approximate surface area is 121 Å². The quantitative estimate of drug-likeness (QED) is 0.874. The van der Waals surface area contributed by atoms with E-state index in [1.807, 2.05) is 17.8 Å². The second-order valence-corrected chi connectivity index (χ2v) is 6.89. The van der Waals surface area contributed by atoms with Crippen LogP contribution < -0.4 is 5.32 Å². The van der Waals surface area contributed by atoms with Gasteiger partial charge in [0, 0.05) is 21.9 Å². The van der Waals surface area contributed by atoms with Crippen LogP contribution in [0.1, 0.15) is 35.9 Å². The Balaban J connectivity index is 1.81. The lowest BCUT2D eigenvalue weighted by molar-refractivity contribution is 0.451. The van der Waals surface area contributed by atoms with Crippen molar-refractivity contribution in [1.29, 1.82) is 0 Å². The second kappa shape index (κ2) is 5.65. The molecule has 0 radical (unpaired) electrons. The summed E-state index contributed by atoms with van der Waals surface area (Å²) in [4.78, 5) is 2.54. The summed E-state index contributed by atoms with van der Waals surface area (Å²) < 4.78 is 13.4. The summed E-state index contributed by atoms with van der Waals surface area (Å²) in [5.74, 6) is 0.949. The van der Waals surface area contributed by atoms with Crippen LogP contribution in [0.2, 0.25) is 0 Å². The number of rotatable bonds is 3. The minimum absolute atomic E-state index is 0.142. The van der Waals surface area contributed by atoms with Crippen molar-refractivity contribution >= 4 is 23.1 Å². The van der Waals surface area contributed by atoms with E-state index < -0.39 is 0 Å². The first-order valence-corrected chi connectivity index (χ1v) is 8.32. The lowest BCUT2D eigenvalue weighted by atomic mass is 10.0. The Morgan fingerprint density at radius 2 is 2.26 bits per heavy atom. The summed E-state index contributed by atoms with van der Waals surface area (Å²) in [5.41, 5.74) is 1.11. The molecule has 0 fully saturated rings. The predicted molar refractivity (Wildman–Crippen MR) is 80.4 cm³/mol. The largest absolute Gasteiger partial charge is 0.303 e. The van der Waals surface area contributed by atoms with Gasteiger partial charge < -0.3 is 5.32 Å². The van der Waals surface area contributed by atoms with E-state index >= 15 is 0 Å². The van der Waals surface area contributed by atoms with Crippen LogP contribution in [-0.4, -0.2) is 5.75 Å². The van der Waals surface area contributed by atoms with Gasteiger partial charge in [0.1, 0.15) is 5.82 Å². The van der Waals surface area contributed by atoms with Crippen molar-refractivity contribution in [3.63, 3.8) is 0 Å². The average molecular weight is 293 g/mol. The van der Waals surface area contributed by atoms with Crippen molar-refractivity contribution < 1.29 is 4.39 Å². The molecule has 19 heavy (non-hydrogen) atoms. The predicted octanol–water partition coefficient (Wildman–Crippen LogP) is 4.77. The van der Waals surface area contributed by atoms with E-state index in [1.165, 1.54) is 9.77 Å². The van der Waals surface area contributed by atoms with Crippen LogP contribution in [0.5, 0.6) is 0 Å². The van der Waals surface area contributed by atoms with Gasteiger partial charge in [-0.25, -0.2) is 4.39 Å². The molecule has 2 aromatic rings. The van der Waals surface area contributed by atoms with Crippen LogP contribution in [0.25, 0.3) is 0 Å². The fraction of sp³-hybridized carbons (Fsp3) is 0.333. The zero-order valence-corrected chi connectivity index (χ0v) is 12.4. The molecule has 0 saturated heterocycles. The molecule has 100 valence electrons. The van der Waals surface area contributed by atoms with Gasteiger partial charge in [-0.2, -0.15) is 0 Å². The van der Waals surface area contributed by atoms with E-state index in [0.29, 0.717) is 6.04 Å². The molecule has 4 heteroatoms. The fourth-order valence-electron chi connectivity index (χ4n) is 2.46. The second-order valence-electron chi connectivity index (χ2n) is 4.78. The standard InChI is InChI=1S/C15H16FNS2/c1-10(14-3-2-7-18-14)17-13-6-8-19-15-5-4-11(16)9-12(13)15/h2-5,7,9-10,13,17H,6,8H2,1H3. The molecule has 2 heterocycles. The summed E-state index contributed by atoms with van der Waals surface area (Å²) >= 11 is 3.58. The molecule has 1 N–H and O–H groups in total. The maximum absolute atomic E-state index is 13.4. The van der Waals surface area contributed by atoms with Crippen molar-refractivity contribution in [3.8, 4) is 0 Å². The van der Waals surface area contributed by atoms with Crippen LogP contribution >= 0.6 is 23.1 Å². The molecule has 2 unspecified atom stereocenters. The van der Waals surface area contributed by atoms with Crippen LogP contribution in [-0.2, 0) is 0 Å². The zero-order chi connectivity index (χ0) is 13.2. The highest BCUT2D eigenvalue weighted by atomic mass is 32.2. The van der Waals surface area contributed by atoms with E-state index in [-0.39, 0.29) is 11.9 Å². The van der Waals surface area contributed by atoms with Gasteiger partial charge in [-0.3, -0.25) is 0 Å². The third-order valence-electron chi connectivity index (χ3n) is 3.43. The molecule has 3 rings (SSSR count). The van der Waals surface area contributed by atoms with Gasteiger partial charge in [0.05, 0.1) is 0 Å². The summed E-state index contributed by atoms with van der Waals surface area (Å²) in [5, 5.41) is 5.73. The maximum atomic E-state index is 13.4. The Morgan fingerprint density at radius 3 is 3.05 bits per heavy atom. The Hall–Kier alpha value is -0.840. The van der Waals surface area contributed by atoms with Gasteiger partial charge in [-0.1, -0.05) is 6.07 Å². The molecule has 0 bridgehead atoms. The monoisotopic (exact) mass is 293 g/mol. The number of thiophene rings is 1. The topological polar surface area (TPSA) is 12.0 Å². The van der Waals surface area contributed by atoms with E-state index in [9.17, 15) is 4.39 Å².